The molecule has 0 unspecified atom stereocenters. The topological polar surface area (TPSA) is 89.6 Å². The van der Waals surface area contributed by atoms with Crippen molar-refractivity contribution in [2.24, 2.45) is 5.73 Å². The first kappa shape index (κ1) is 11.2. The maximum Gasteiger partial charge on any atom is 0.327 e. The normalized spacial score (nSPS) is 9.67. The van der Waals surface area contributed by atoms with Crippen LogP contribution in [0.25, 0.3) is 0 Å². The number of hydrogen-bond acceptors (Lipinski definition) is 5. The van der Waals surface area contributed by atoms with Crippen LogP contribution in [0.2, 0.25) is 0 Å². The van der Waals surface area contributed by atoms with Crippen molar-refractivity contribution in [2.45, 2.75) is 6.42 Å². The third-order valence-electron chi connectivity index (χ3n) is 1.68. The highest BCUT2D eigenvalue weighted by Gasteiger charge is 2.09. The van der Waals surface area contributed by atoms with Crippen molar-refractivity contribution in [2.75, 3.05) is 6.54 Å². The van der Waals surface area contributed by atoms with Crippen molar-refractivity contribution in [3.05, 3.63) is 29.8 Å². The van der Waals surface area contributed by atoms with Gasteiger partial charge in [-0.15, -0.1) is 0 Å². The predicted molar refractivity (Wildman–Crippen MR) is 52.0 cm³/mol. The van der Waals surface area contributed by atoms with Gasteiger partial charge in [-0.2, -0.15) is 0 Å². The Morgan fingerprint density at radius 1 is 1.20 bits per heavy atom. The van der Waals surface area contributed by atoms with Crippen LogP contribution in [0.3, 0.4) is 0 Å². The Morgan fingerprint density at radius 3 is 2.33 bits per heavy atom. The van der Waals surface area contributed by atoms with Crippen molar-refractivity contribution in [1.29, 1.82) is 0 Å². The zero-order chi connectivity index (χ0) is 11.3. The Balaban J connectivity index is 2.51. The van der Waals surface area contributed by atoms with E-state index in [1.54, 1.807) is 12.1 Å². The molecule has 5 nitrogen and oxygen atoms in total. The second-order valence-corrected chi connectivity index (χ2v) is 2.89. The summed E-state index contributed by atoms with van der Waals surface area (Å²) in [6.07, 6.45) is -0.0218. The summed E-state index contributed by atoms with van der Waals surface area (Å²) in [4.78, 5) is 21.8. The van der Waals surface area contributed by atoms with Gasteiger partial charge in [0, 0.05) is 0 Å². The van der Waals surface area contributed by atoms with Gasteiger partial charge in [-0.25, -0.2) is 0 Å². The number of phenols is 1. The van der Waals surface area contributed by atoms with Crippen LogP contribution in [0.15, 0.2) is 24.3 Å². The molecule has 0 saturated heterocycles. The summed E-state index contributed by atoms with van der Waals surface area (Å²) in [5.74, 6) is -1.29. The lowest BCUT2D eigenvalue weighted by Crippen LogP contribution is -2.21. The molecule has 15 heavy (non-hydrogen) atoms. The molecule has 0 heterocycles. The van der Waals surface area contributed by atoms with E-state index in [0.717, 1.165) is 0 Å². The SMILES string of the molecule is NCC(=O)OC(=O)Cc1ccc(O)cc1. The number of carbonyl (C=O) groups excluding carboxylic acids is 2. The molecule has 0 spiro atoms. The van der Waals surface area contributed by atoms with Gasteiger partial charge in [0.05, 0.1) is 13.0 Å². The highest BCUT2D eigenvalue weighted by Crippen LogP contribution is 2.10. The number of phenolic OH excluding ortho intramolecular Hbond substituents is 1. The number of rotatable bonds is 3. The zero-order valence-corrected chi connectivity index (χ0v) is 7.97. The molecule has 0 atom stereocenters. The summed E-state index contributed by atoms with van der Waals surface area (Å²) in [6.45, 7) is -0.318. The number of nitrogens with two attached hydrogens (primary N) is 1. The van der Waals surface area contributed by atoms with Crippen LogP contribution in [0, 0.1) is 0 Å². The van der Waals surface area contributed by atoms with Crippen molar-refractivity contribution < 1.29 is 19.4 Å². The smallest absolute Gasteiger partial charge is 0.327 e. The molecule has 0 saturated carbocycles. The second-order valence-electron chi connectivity index (χ2n) is 2.89. The molecule has 0 bridgehead atoms. The van der Waals surface area contributed by atoms with Crippen LogP contribution in [0.5, 0.6) is 5.75 Å². The lowest BCUT2D eigenvalue weighted by atomic mass is 10.1. The van der Waals surface area contributed by atoms with Crippen molar-refractivity contribution in [3.63, 3.8) is 0 Å². The third-order valence-corrected chi connectivity index (χ3v) is 1.68. The average molecular weight is 209 g/mol. The van der Waals surface area contributed by atoms with Gasteiger partial charge in [-0.3, -0.25) is 9.59 Å². The second kappa shape index (κ2) is 5.11. The lowest BCUT2D eigenvalue weighted by molar-refractivity contribution is -0.158. The largest absolute Gasteiger partial charge is 0.508 e. The summed E-state index contributed by atoms with van der Waals surface area (Å²) < 4.78 is 4.37. The highest BCUT2D eigenvalue weighted by molar-refractivity contribution is 5.87. The Hall–Kier alpha value is -1.88. The molecule has 0 radical (unpaired) electrons. The van der Waals surface area contributed by atoms with Gasteiger partial charge in [0.1, 0.15) is 5.75 Å². The van der Waals surface area contributed by atoms with Crippen LogP contribution >= 0.6 is 0 Å². The van der Waals surface area contributed by atoms with E-state index < -0.39 is 11.9 Å². The van der Waals surface area contributed by atoms with E-state index in [-0.39, 0.29) is 18.7 Å². The monoisotopic (exact) mass is 209 g/mol. The van der Waals surface area contributed by atoms with Crippen LogP contribution in [-0.4, -0.2) is 23.6 Å². The maximum absolute atomic E-state index is 11.1. The van der Waals surface area contributed by atoms with E-state index >= 15 is 0 Å². The first-order valence-electron chi connectivity index (χ1n) is 4.33. The van der Waals surface area contributed by atoms with Crippen LogP contribution in [0.1, 0.15) is 5.56 Å². The van der Waals surface area contributed by atoms with E-state index in [1.165, 1.54) is 12.1 Å². The van der Waals surface area contributed by atoms with Crippen molar-refractivity contribution >= 4 is 11.9 Å². The number of hydrogen-bond donors (Lipinski definition) is 2. The van der Waals surface area contributed by atoms with E-state index in [1.807, 2.05) is 0 Å². The number of benzene rings is 1. The van der Waals surface area contributed by atoms with E-state index in [0.29, 0.717) is 5.56 Å². The average Bonchev–Trinajstić information content (AvgIpc) is 2.21. The fourth-order valence-electron chi connectivity index (χ4n) is 0.985. The number of ether oxygens (including phenoxy) is 1. The van der Waals surface area contributed by atoms with Gasteiger partial charge in [0.2, 0.25) is 0 Å². The standard InChI is InChI=1S/C10H11NO4/c11-6-10(14)15-9(13)5-7-1-3-8(12)4-2-7/h1-4,12H,5-6,11H2. The van der Waals surface area contributed by atoms with E-state index in [4.69, 9.17) is 10.8 Å². The lowest BCUT2D eigenvalue weighted by Gasteiger charge is -2.01. The number of aromatic hydroxyl groups is 1. The molecule has 1 rings (SSSR count). The quantitative estimate of drug-likeness (QED) is 0.538. The van der Waals surface area contributed by atoms with Gasteiger partial charge in [-0.05, 0) is 17.7 Å². The van der Waals surface area contributed by atoms with Gasteiger partial charge in [-0.1, -0.05) is 12.1 Å². The summed E-state index contributed by atoms with van der Waals surface area (Å²) in [7, 11) is 0. The zero-order valence-electron chi connectivity index (χ0n) is 7.97. The van der Waals surface area contributed by atoms with Crippen molar-refractivity contribution in [3.8, 4) is 5.75 Å². The van der Waals surface area contributed by atoms with Crippen LogP contribution in [0.4, 0.5) is 0 Å². The summed E-state index contributed by atoms with van der Waals surface area (Å²) in [6, 6.07) is 6.05. The minimum absolute atomic E-state index is 0.0218. The molecule has 1 aromatic rings. The highest BCUT2D eigenvalue weighted by atomic mass is 16.6. The van der Waals surface area contributed by atoms with Gasteiger partial charge in [0.15, 0.2) is 0 Å². The third kappa shape index (κ3) is 3.78. The van der Waals surface area contributed by atoms with Gasteiger partial charge >= 0.3 is 11.9 Å². The fraction of sp³-hybridized carbons (Fsp3) is 0.200. The minimum atomic E-state index is -0.751. The molecular weight excluding hydrogens is 198 g/mol. The Bertz CT molecular complexity index is 358. The van der Waals surface area contributed by atoms with E-state index in [2.05, 4.69) is 4.74 Å². The molecule has 0 fully saturated rings. The van der Waals surface area contributed by atoms with Crippen molar-refractivity contribution in [1.82, 2.24) is 0 Å². The number of carbonyl (C=O) groups is 2. The van der Waals surface area contributed by atoms with E-state index in [9.17, 15) is 9.59 Å². The van der Waals surface area contributed by atoms with Crippen LogP contribution < -0.4 is 5.73 Å². The Kier molecular flexibility index (Phi) is 3.82. The molecule has 0 aliphatic rings. The maximum atomic E-state index is 11.1. The summed E-state index contributed by atoms with van der Waals surface area (Å²) in [5, 5.41) is 8.99. The molecule has 5 heteroatoms. The van der Waals surface area contributed by atoms with Crippen LogP contribution in [-0.2, 0) is 20.7 Å². The number of esters is 2. The van der Waals surface area contributed by atoms with Gasteiger partial charge < -0.3 is 15.6 Å². The fourth-order valence-corrected chi connectivity index (χ4v) is 0.985. The molecule has 0 amide bonds. The first-order chi connectivity index (χ1) is 7.11. The summed E-state index contributed by atoms with van der Waals surface area (Å²) >= 11 is 0. The molecule has 0 aromatic heterocycles. The first-order valence-corrected chi connectivity index (χ1v) is 4.33. The molecule has 0 aliphatic carbocycles. The minimum Gasteiger partial charge on any atom is -0.508 e. The molecule has 3 N–H and O–H groups in total. The van der Waals surface area contributed by atoms with Gasteiger partial charge in [0.25, 0.3) is 0 Å². The Labute approximate surface area is 86.5 Å². The molecule has 0 aliphatic heterocycles. The predicted octanol–water partition coefficient (Wildman–Crippen LogP) is -0.0368. The molecular formula is C10H11NO4. The Morgan fingerprint density at radius 2 is 1.80 bits per heavy atom. The molecule has 1 aromatic carbocycles. The summed E-state index contributed by atoms with van der Waals surface area (Å²) in [5.41, 5.74) is 5.63. The molecule has 80 valence electrons.